The van der Waals surface area contributed by atoms with Crippen molar-refractivity contribution in [2.45, 2.75) is 51.4 Å². The fourth-order valence-electron chi connectivity index (χ4n) is 2.42. The van der Waals surface area contributed by atoms with Gasteiger partial charge in [-0.3, -0.25) is 4.90 Å². The molecule has 0 bridgehead atoms. The van der Waals surface area contributed by atoms with E-state index in [-0.39, 0.29) is 18.7 Å². The van der Waals surface area contributed by atoms with Crippen molar-refractivity contribution in [2.24, 2.45) is 0 Å². The van der Waals surface area contributed by atoms with Gasteiger partial charge in [0.2, 0.25) is 0 Å². The summed E-state index contributed by atoms with van der Waals surface area (Å²) in [5.74, 6) is -0.573. The maximum Gasteiger partial charge on any atom is 0.411 e. The molecular weight excluding hydrogens is 326 g/mol. The second kappa shape index (κ2) is 8.17. The highest BCUT2D eigenvalue weighted by Gasteiger charge is 2.52. The fraction of sp³-hybridized carbons (Fsp3) is 0.867. The largest absolute Gasteiger partial charge is 0.448 e. The first-order valence-electron chi connectivity index (χ1n) is 7.48. The number of methoxy groups -OCH3 is 1. The van der Waals surface area contributed by atoms with Gasteiger partial charge in [0.15, 0.2) is 6.07 Å². The Morgan fingerprint density at radius 2 is 1.96 bits per heavy atom. The molecule has 134 valence electrons. The van der Waals surface area contributed by atoms with Crippen LogP contribution in [-0.4, -0.2) is 67.1 Å². The van der Waals surface area contributed by atoms with Crippen molar-refractivity contribution in [1.82, 2.24) is 4.90 Å². The summed E-state index contributed by atoms with van der Waals surface area (Å²) < 4.78 is 20.9. The van der Waals surface area contributed by atoms with E-state index in [9.17, 15) is 9.59 Å². The van der Waals surface area contributed by atoms with E-state index in [4.69, 9.17) is 30.5 Å². The zero-order chi connectivity index (χ0) is 17.7. The molecule has 23 heavy (non-hydrogen) atoms. The molecule has 1 saturated heterocycles. The van der Waals surface area contributed by atoms with Crippen LogP contribution in [0.15, 0.2) is 0 Å². The van der Waals surface area contributed by atoms with Crippen molar-refractivity contribution in [2.75, 3.05) is 32.9 Å². The summed E-state index contributed by atoms with van der Waals surface area (Å²) in [6.45, 7) is 7.99. The second-order valence-corrected chi connectivity index (χ2v) is 6.81. The van der Waals surface area contributed by atoms with E-state index < -0.39 is 23.2 Å². The number of halogens is 1. The van der Waals surface area contributed by atoms with E-state index in [2.05, 4.69) is 0 Å². The quantitative estimate of drug-likeness (QED) is 0.415. The molecule has 1 rings (SSSR count). The molecule has 0 aromatic heterocycles. The third-order valence-electron chi connectivity index (χ3n) is 3.49. The Labute approximate surface area is 142 Å². The molecule has 1 amide bonds. The lowest BCUT2D eigenvalue weighted by atomic mass is 9.98. The van der Waals surface area contributed by atoms with Crippen LogP contribution in [0.3, 0.4) is 0 Å². The molecule has 1 heterocycles. The molecule has 0 aromatic carbocycles. The zero-order valence-electron chi connectivity index (χ0n) is 14.4. The van der Waals surface area contributed by atoms with Gasteiger partial charge >= 0.3 is 12.1 Å². The van der Waals surface area contributed by atoms with E-state index in [1.807, 2.05) is 0 Å². The molecule has 0 radical (unpaired) electrons. The molecule has 7 nitrogen and oxygen atoms in total. The van der Waals surface area contributed by atoms with Crippen LogP contribution in [0.5, 0.6) is 0 Å². The Hall–Kier alpha value is -1.05. The van der Waals surface area contributed by atoms with Crippen molar-refractivity contribution in [3.63, 3.8) is 0 Å². The molecule has 0 saturated carbocycles. The SMILES string of the molecule is COCCOC1CN(C(=O)OC(C)(C)C)C(C)(C(=O)OCCl)C1. The molecule has 2 atom stereocenters. The van der Waals surface area contributed by atoms with Crippen LogP contribution >= 0.6 is 11.6 Å². The predicted molar refractivity (Wildman–Crippen MR) is 84.4 cm³/mol. The zero-order valence-corrected chi connectivity index (χ0v) is 15.1. The van der Waals surface area contributed by atoms with Gasteiger partial charge in [0, 0.05) is 13.5 Å². The lowest BCUT2D eigenvalue weighted by molar-refractivity contribution is -0.153. The van der Waals surface area contributed by atoms with Gasteiger partial charge in [0.05, 0.1) is 25.9 Å². The summed E-state index contributed by atoms with van der Waals surface area (Å²) in [5.41, 5.74) is -1.83. The predicted octanol–water partition coefficient (Wildman–Crippen LogP) is 2.16. The number of carbonyl (C=O) groups is 2. The van der Waals surface area contributed by atoms with Gasteiger partial charge in [-0.05, 0) is 27.7 Å². The molecule has 1 fully saturated rings. The van der Waals surface area contributed by atoms with Crippen molar-refractivity contribution in [3.8, 4) is 0 Å². The maximum atomic E-state index is 12.4. The van der Waals surface area contributed by atoms with Gasteiger partial charge in [0.25, 0.3) is 0 Å². The summed E-state index contributed by atoms with van der Waals surface area (Å²) in [7, 11) is 1.58. The summed E-state index contributed by atoms with van der Waals surface area (Å²) in [4.78, 5) is 26.1. The second-order valence-electron chi connectivity index (χ2n) is 6.60. The molecule has 0 N–H and O–H groups in total. The highest BCUT2D eigenvalue weighted by atomic mass is 35.5. The van der Waals surface area contributed by atoms with Crippen molar-refractivity contribution < 1.29 is 28.5 Å². The van der Waals surface area contributed by atoms with E-state index in [1.54, 1.807) is 34.8 Å². The minimum atomic E-state index is -1.17. The number of ether oxygens (including phenoxy) is 4. The Bertz CT molecular complexity index is 425. The van der Waals surface area contributed by atoms with Gasteiger partial charge in [-0.15, -0.1) is 0 Å². The van der Waals surface area contributed by atoms with Crippen molar-refractivity contribution in [1.29, 1.82) is 0 Å². The Morgan fingerprint density at radius 3 is 2.48 bits per heavy atom. The molecule has 0 spiro atoms. The Morgan fingerprint density at radius 1 is 1.30 bits per heavy atom. The normalized spacial score (nSPS) is 24.6. The first-order chi connectivity index (χ1) is 10.6. The number of esters is 1. The van der Waals surface area contributed by atoms with Crippen LogP contribution in [0.1, 0.15) is 34.1 Å². The van der Waals surface area contributed by atoms with Gasteiger partial charge in [0.1, 0.15) is 11.1 Å². The smallest absolute Gasteiger partial charge is 0.411 e. The number of nitrogens with zero attached hydrogens (tertiary/aromatic N) is 1. The number of likely N-dealkylation sites (tertiary alicyclic amines) is 1. The highest BCUT2D eigenvalue weighted by molar-refractivity contribution is 6.17. The standard InChI is InChI=1S/C15H26ClNO6/c1-14(2,3)23-13(19)17-9-11(21-7-6-20-5)8-15(17,4)12(18)22-10-16/h11H,6-10H2,1-5H3. The minimum Gasteiger partial charge on any atom is -0.448 e. The third-order valence-corrected chi connectivity index (χ3v) is 3.60. The Kier molecular flexibility index (Phi) is 7.10. The summed E-state index contributed by atoms with van der Waals surface area (Å²) >= 11 is 5.48. The van der Waals surface area contributed by atoms with Crippen LogP contribution < -0.4 is 0 Å². The number of amides is 1. The average molecular weight is 352 g/mol. The van der Waals surface area contributed by atoms with Gasteiger partial charge in [-0.2, -0.15) is 0 Å². The fourth-order valence-corrected chi connectivity index (χ4v) is 2.52. The van der Waals surface area contributed by atoms with Crippen LogP contribution in [0.4, 0.5) is 4.79 Å². The number of hydrogen-bond donors (Lipinski definition) is 0. The van der Waals surface area contributed by atoms with E-state index >= 15 is 0 Å². The molecule has 0 aliphatic carbocycles. The van der Waals surface area contributed by atoms with Crippen LogP contribution in [0.2, 0.25) is 0 Å². The first kappa shape index (κ1) is 20.0. The monoisotopic (exact) mass is 351 g/mol. The highest BCUT2D eigenvalue weighted by Crippen LogP contribution is 2.33. The lowest BCUT2D eigenvalue weighted by Gasteiger charge is -2.33. The minimum absolute atomic E-state index is 0.243. The van der Waals surface area contributed by atoms with Crippen molar-refractivity contribution in [3.05, 3.63) is 0 Å². The summed E-state index contributed by atoms with van der Waals surface area (Å²) in [6.07, 6.45) is -0.569. The number of hydrogen-bond acceptors (Lipinski definition) is 6. The van der Waals surface area contributed by atoms with Crippen LogP contribution in [0.25, 0.3) is 0 Å². The number of carbonyl (C=O) groups excluding carboxylic acids is 2. The van der Waals surface area contributed by atoms with Gasteiger partial charge in [-0.1, -0.05) is 11.6 Å². The lowest BCUT2D eigenvalue weighted by Crippen LogP contribution is -2.52. The van der Waals surface area contributed by atoms with Crippen LogP contribution in [0, 0.1) is 0 Å². The van der Waals surface area contributed by atoms with Crippen LogP contribution in [-0.2, 0) is 23.7 Å². The average Bonchev–Trinajstić information content (AvgIpc) is 2.76. The molecule has 0 aromatic rings. The third kappa shape index (κ3) is 5.51. The van der Waals surface area contributed by atoms with E-state index in [0.717, 1.165) is 0 Å². The summed E-state index contributed by atoms with van der Waals surface area (Å²) in [6, 6.07) is -0.272. The Balaban J connectivity index is 2.88. The molecule has 1 aliphatic heterocycles. The number of rotatable bonds is 6. The summed E-state index contributed by atoms with van der Waals surface area (Å²) in [5, 5.41) is 0. The number of alkyl halides is 1. The molecule has 1 aliphatic rings. The van der Waals surface area contributed by atoms with Gasteiger partial charge < -0.3 is 18.9 Å². The first-order valence-corrected chi connectivity index (χ1v) is 8.02. The van der Waals surface area contributed by atoms with Crippen molar-refractivity contribution >= 4 is 23.7 Å². The molecular formula is C15H26ClNO6. The molecule has 2 unspecified atom stereocenters. The maximum absolute atomic E-state index is 12.4. The molecule has 8 heteroatoms. The van der Waals surface area contributed by atoms with E-state index in [0.29, 0.717) is 19.6 Å². The van der Waals surface area contributed by atoms with Gasteiger partial charge in [-0.25, -0.2) is 9.59 Å². The van der Waals surface area contributed by atoms with E-state index in [1.165, 1.54) is 4.90 Å². The topological polar surface area (TPSA) is 74.3 Å².